The van der Waals surface area contributed by atoms with Crippen molar-refractivity contribution in [3.63, 3.8) is 0 Å². The summed E-state index contributed by atoms with van der Waals surface area (Å²) in [5.41, 5.74) is 0.628. The van der Waals surface area contributed by atoms with E-state index in [1.54, 1.807) is 25.2 Å². The zero-order valence-corrected chi connectivity index (χ0v) is 11.4. The third-order valence-corrected chi connectivity index (χ3v) is 2.65. The summed E-state index contributed by atoms with van der Waals surface area (Å²) in [4.78, 5) is 12.0. The molecule has 1 atom stereocenters. The zero-order chi connectivity index (χ0) is 13.5. The quantitative estimate of drug-likeness (QED) is 0.755. The predicted octanol–water partition coefficient (Wildman–Crippen LogP) is 2.27. The maximum Gasteiger partial charge on any atom is 0.179 e. The highest BCUT2D eigenvalue weighted by atomic mass is 16.5. The van der Waals surface area contributed by atoms with E-state index in [9.17, 15) is 4.79 Å². The fourth-order valence-electron chi connectivity index (χ4n) is 1.59. The Hall–Kier alpha value is -1.55. The van der Waals surface area contributed by atoms with Gasteiger partial charge in [-0.1, -0.05) is 0 Å². The lowest BCUT2D eigenvalue weighted by molar-refractivity contribution is 0.0954. The molecule has 18 heavy (non-hydrogen) atoms. The number of benzene rings is 1. The molecule has 0 heterocycles. The van der Waals surface area contributed by atoms with Crippen LogP contribution in [0.25, 0.3) is 0 Å². The number of Topliss-reactive ketones (excluding diaryl/α,β-unsaturated/α-hetero) is 1. The van der Waals surface area contributed by atoms with E-state index in [-0.39, 0.29) is 11.8 Å². The van der Waals surface area contributed by atoms with Crippen LogP contribution in [0.2, 0.25) is 0 Å². The number of carbonyl (C=O) groups is 1. The number of likely N-dealkylation sites (N-methyl/N-ethyl adjacent to an activating group) is 1. The maximum absolute atomic E-state index is 12.0. The van der Waals surface area contributed by atoms with E-state index in [4.69, 9.17) is 9.47 Å². The number of hydrogen-bond donors (Lipinski definition) is 1. The fourth-order valence-corrected chi connectivity index (χ4v) is 1.59. The lowest BCUT2D eigenvalue weighted by atomic mass is 10.1. The van der Waals surface area contributed by atoms with E-state index in [1.807, 2.05) is 20.8 Å². The minimum atomic E-state index is -0.211. The Kier molecular flexibility index (Phi) is 5.65. The van der Waals surface area contributed by atoms with Crippen molar-refractivity contribution in [2.45, 2.75) is 26.8 Å². The lowest BCUT2D eigenvalue weighted by Gasteiger charge is -2.14. The molecule has 0 aromatic heterocycles. The highest BCUT2D eigenvalue weighted by molar-refractivity contribution is 6.00. The third-order valence-electron chi connectivity index (χ3n) is 2.65. The minimum absolute atomic E-state index is 0.0431. The predicted molar refractivity (Wildman–Crippen MR) is 71.6 cm³/mol. The van der Waals surface area contributed by atoms with Crippen molar-refractivity contribution in [2.75, 3.05) is 20.3 Å². The normalized spacial score (nSPS) is 12.0. The van der Waals surface area contributed by atoms with Gasteiger partial charge in [0.05, 0.1) is 19.3 Å². The molecule has 0 aliphatic heterocycles. The van der Waals surface area contributed by atoms with Crippen molar-refractivity contribution in [1.82, 2.24) is 5.32 Å². The summed E-state index contributed by atoms with van der Waals surface area (Å²) in [6, 6.07) is 5.08. The molecule has 0 amide bonds. The molecule has 100 valence electrons. The van der Waals surface area contributed by atoms with E-state index in [1.165, 1.54) is 0 Å². The van der Waals surface area contributed by atoms with Gasteiger partial charge in [0.2, 0.25) is 0 Å². The summed E-state index contributed by atoms with van der Waals surface area (Å²) in [6.07, 6.45) is 0. The molecule has 0 saturated heterocycles. The first-order valence-corrected chi connectivity index (χ1v) is 6.25. The van der Waals surface area contributed by atoms with Crippen LogP contribution in [0.1, 0.15) is 31.1 Å². The molecule has 0 spiro atoms. The number of carbonyl (C=O) groups excluding carboxylic acids is 1. The fraction of sp³-hybridized carbons (Fsp3) is 0.500. The van der Waals surface area contributed by atoms with Gasteiger partial charge < -0.3 is 14.8 Å². The molecule has 0 fully saturated rings. The summed E-state index contributed by atoms with van der Waals surface area (Å²) in [5.74, 6) is 1.34. The molecule has 1 aromatic rings. The zero-order valence-electron chi connectivity index (χ0n) is 11.4. The second kappa shape index (κ2) is 7.01. The van der Waals surface area contributed by atoms with Crippen LogP contribution in [0, 0.1) is 0 Å². The van der Waals surface area contributed by atoms with Gasteiger partial charge in [0.25, 0.3) is 0 Å². The second-order valence-corrected chi connectivity index (χ2v) is 3.90. The standard InChI is InChI=1S/C14H21NO3/c1-5-17-12-8-7-11(9-13(12)18-6-2)14(16)10(3)15-4/h7-10,15H,5-6H2,1-4H3. The Bertz CT molecular complexity index is 404. The molecule has 1 unspecified atom stereocenters. The topological polar surface area (TPSA) is 47.6 Å². The average molecular weight is 251 g/mol. The number of hydrogen-bond acceptors (Lipinski definition) is 4. The molecular weight excluding hydrogens is 230 g/mol. The molecule has 4 nitrogen and oxygen atoms in total. The molecular formula is C14H21NO3. The van der Waals surface area contributed by atoms with Gasteiger partial charge in [-0.25, -0.2) is 0 Å². The van der Waals surface area contributed by atoms with Gasteiger partial charge >= 0.3 is 0 Å². The lowest BCUT2D eigenvalue weighted by Crippen LogP contribution is -2.30. The highest BCUT2D eigenvalue weighted by Gasteiger charge is 2.15. The summed E-state index contributed by atoms with van der Waals surface area (Å²) in [5, 5.41) is 2.93. The highest BCUT2D eigenvalue weighted by Crippen LogP contribution is 2.28. The van der Waals surface area contributed by atoms with E-state index >= 15 is 0 Å². The number of rotatable bonds is 7. The van der Waals surface area contributed by atoms with E-state index in [0.717, 1.165) is 0 Å². The van der Waals surface area contributed by atoms with Gasteiger partial charge in [-0.3, -0.25) is 4.79 Å². The van der Waals surface area contributed by atoms with Crippen molar-refractivity contribution in [2.24, 2.45) is 0 Å². The summed E-state index contributed by atoms with van der Waals surface area (Å²) in [7, 11) is 1.76. The molecule has 0 saturated carbocycles. The molecule has 0 aliphatic rings. The first kappa shape index (κ1) is 14.5. The van der Waals surface area contributed by atoms with Gasteiger partial charge in [0.15, 0.2) is 17.3 Å². The van der Waals surface area contributed by atoms with Crippen molar-refractivity contribution >= 4 is 5.78 Å². The Morgan fingerprint density at radius 2 is 1.83 bits per heavy atom. The van der Waals surface area contributed by atoms with Crippen molar-refractivity contribution in [3.8, 4) is 11.5 Å². The van der Waals surface area contributed by atoms with E-state index in [0.29, 0.717) is 30.3 Å². The smallest absolute Gasteiger partial charge is 0.179 e. The van der Waals surface area contributed by atoms with Gasteiger partial charge in [0.1, 0.15) is 0 Å². The summed E-state index contributed by atoms with van der Waals surface area (Å²) >= 11 is 0. The van der Waals surface area contributed by atoms with Crippen LogP contribution in [0.5, 0.6) is 11.5 Å². The van der Waals surface area contributed by atoms with E-state index in [2.05, 4.69) is 5.32 Å². The molecule has 1 aromatic carbocycles. The molecule has 4 heteroatoms. The van der Waals surface area contributed by atoms with Crippen LogP contribution >= 0.6 is 0 Å². The Labute approximate surface area is 108 Å². The van der Waals surface area contributed by atoms with Crippen molar-refractivity contribution in [1.29, 1.82) is 0 Å². The van der Waals surface area contributed by atoms with Crippen LogP contribution in [-0.2, 0) is 0 Å². The van der Waals surface area contributed by atoms with Crippen LogP contribution in [0.15, 0.2) is 18.2 Å². The average Bonchev–Trinajstić information content (AvgIpc) is 2.39. The minimum Gasteiger partial charge on any atom is -0.490 e. The first-order chi connectivity index (χ1) is 8.63. The molecule has 1 N–H and O–H groups in total. The van der Waals surface area contributed by atoms with E-state index < -0.39 is 0 Å². The third kappa shape index (κ3) is 3.47. The maximum atomic E-state index is 12.0. The Morgan fingerprint density at radius 3 is 2.39 bits per heavy atom. The van der Waals surface area contributed by atoms with Crippen LogP contribution < -0.4 is 14.8 Å². The number of ketones is 1. The Balaban J connectivity index is 3.02. The second-order valence-electron chi connectivity index (χ2n) is 3.90. The number of nitrogens with one attached hydrogen (secondary N) is 1. The van der Waals surface area contributed by atoms with Crippen LogP contribution in [0.3, 0.4) is 0 Å². The largest absolute Gasteiger partial charge is 0.490 e. The molecule has 0 radical (unpaired) electrons. The van der Waals surface area contributed by atoms with Gasteiger partial charge in [-0.15, -0.1) is 0 Å². The SMILES string of the molecule is CCOc1ccc(C(=O)C(C)NC)cc1OCC. The van der Waals surface area contributed by atoms with Crippen molar-refractivity contribution < 1.29 is 14.3 Å². The first-order valence-electron chi connectivity index (χ1n) is 6.25. The number of ether oxygens (including phenoxy) is 2. The summed E-state index contributed by atoms with van der Waals surface area (Å²) < 4.78 is 11.0. The van der Waals surface area contributed by atoms with Gasteiger partial charge in [0, 0.05) is 5.56 Å². The van der Waals surface area contributed by atoms with Crippen LogP contribution in [0.4, 0.5) is 0 Å². The monoisotopic (exact) mass is 251 g/mol. The summed E-state index contributed by atoms with van der Waals surface area (Å²) in [6.45, 7) is 6.76. The molecule has 1 rings (SSSR count). The van der Waals surface area contributed by atoms with Crippen LogP contribution in [-0.4, -0.2) is 32.1 Å². The van der Waals surface area contributed by atoms with Crippen molar-refractivity contribution in [3.05, 3.63) is 23.8 Å². The van der Waals surface area contributed by atoms with Gasteiger partial charge in [-0.05, 0) is 46.0 Å². The van der Waals surface area contributed by atoms with Gasteiger partial charge in [-0.2, -0.15) is 0 Å². The molecule has 0 bridgehead atoms. The Morgan fingerprint density at radius 1 is 1.22 bits per heavy atom. The molecule has 0 aliphatic carbocycles.